The summed E-state index contributed by atoms with van der Waals surface area (Å²) in [6, 6.07) is 23.5. The molecule has 0 saturated heterocycles. The van der Waals surface area contributed by atoms with Gasteiger partial charge in [-0.2, -0.15) is 0 Å². The summed E-state index contributed by atoms with van der Waals surface area (Å²) in [4.78, 5) is 45.5. The molecule has 7 rings (SSSR count). The molecule has 1 unspecified atom stereocenters. The van der Waals surface area contributed by atoms with Crippen molar-refractivity contribution in [1.82, 2.24) is 19.9 Å². The molecule has 2 aliphatic heterocycles. The van der Waals surface area contributed by atoms with Gasteiger partial charge in [0.1, 0.15) is 11.7 Å². The van der Waals surface area contributed by atoms with Gasteiger partial charge in [-0.3, -0.25) is 14.6 Å². The average Bonchev–Trinajstić information content (AvgIpc) is 3.82. The van der Waals surface area contributed by atoms with Crippen molar-refractivity contribution in [2.45, 2.75) is 18.9 Å². The van der Waals surface area contributed by atoms with Crippen LogP contribution < -0.4 is 0 Å². The fourth-order valence-corrected chi connectivity index (χ4v) is 6.45. The van der Waals surface area contributed by atoms with E-state index in [1.165, 1.54) is 35.4 Å². The number of allylic oxidation sites excluding steroid dienone is 1. The van der Waals surface area contributed by atoms with Crippen LogP contribution in [0.25, 0.3) is 22.4 Å². The average molecular weight is 660 g/mol. The fraction of sp³-hybridized carbons (Fsp3) is 0.135. The van der Waals surface area contributed by atoms with Crippen LogP contribution in [-0.2, 0) is 17.6 Å². The number of ketones is 1. The van der Waals surface area contributed by atoms with Crippen LogP contribution >= 0.6 is 11.6 Å². The number of nitrogens with zero attached hydrogens (tertiary/aromatic N) is 5. The Bertz CT molecular complexity index is 2160. The van der Waals surface area contributed by atoms with Crippen LogP contribution in [0.3, 0.4) is 0 Å². The van der Waals surface area contributed by atoms with Crippen molar-refractivity contribution in [3.63, 3.8) is 0 Å². The maximum Gasteiger partial charge on any atom is 0.335 e. The van der Waals surface area contributed by atoms with Gasteiger partial charge in [0.25, 0.3) is 5.91 Å². The smallest absolute Gasteiger partial charge is 0.335 e. The van der Waals surface area contributed by atoms with E-state index >= 15 is 0 Å². The summed E-state index contributed by atoms with van der Waals surface area (Å²) in [7, 11) is 0. The first-order valence-corrected chi connectivity index (χ1v) is 15.6. The van der Waals surface area contributed by atoms with Crippen molar-refractivity contribution in [1.29, 1.82) is 0 Å². The van der Waals surface area contributed by atoms with E-state index in [0.717, 1.165) is 32.5 Å². The van der Waals surface area contributed by atoms with Crippen molar-refractivity contribution in [3.05, 3.63) is 142 Å². The predicted octanol–water partition coefficient (Wildman–Crippen LogP) is 6.44. The van der Waals surface area contributed by atoms with Crippen molar-refractivity contribution in [3.8, 4) is 16.8 Å². The second kappa shape index (κ2) is 12.8. The number of carboxylic acids is 1. The summed E-state index contributed by atoms with van der Waals surface area (Å²) in [5.41, 5.74) is 6.48. The van der Waals surface area contributed by atoms with Gasteiger partial charge < -0.3 is 10.0 Å². The van der Waals surface area contributed by atoms with Crippen LogP contribution in [0.1, 0.15) is 49.1 Å². The Balaban J connectivity index is 1.27. The van der Waals surface area contributed by atoms with E-state index in [-0.39, 0.29) is 40.7 Å². The Hall–Kier alpha value is -5.74. The summed E-state index contributed by atoms with van der Waals surface area (Å²) in [6.07, 6.45) is 5.55. The zero-order chi connectivity index (χ0) is 33.4. The Labute approximate surface area is 279 Å². The summed E-state index contributed by atoms with van der Waals surface area (Å²) in [6.45, 7) is 0.834. The molecule has 9 nitrogen and oxygen atoms in total. The summed E-state index contributed by atoms with van der Waals surface area (Å²) < 4.78 is 15.9. The predicted molar refractivity (Wildman–Crippen MR) is 179 cm³/mol. The lowest BCUT2D eigenvalue weighted by Crippen LogP contribution is -2.44. The molecule has 4 aromatic carbocycles. The molecule has 1 amide bonds. The van der Waals surface area contributed by atoms with Gasteiger partial charge in [-0.25, -0.2) is 13.9 Å². The van der Waals surface area contributed by atoms with Gasteiger partial charge in [0, 0.05) is 19.2 Å². The highest BCUT2D eigenvalue weighted by atomic mass is 35.5. The Morgan fingerprint density at radius 2 is 1.73 bits per heavy atom. The van der Waals surface area contributed by atoms with E-state index in [0.29, 0.717) is 24.1 Å². The van der Waals surface area contributed by atoms with Gasteiger partial charge in [0.05, 0.1) is 23.3 Å². The Kier molecular flexibility index (Phi) is 8.24. The number of Topliss-reactive ketones (excluding diaryl/α,β-unsaturated/α-hetero) is 1. The molecule has 0 bridgehead atoms. The van der Waals surface area contributed by atoms with E-state index in [1.54, 1.807) is 24.4 Å². The molecule has 48 heavy (non-hydrogen) atoms. The number of aromatic carboxylic acids is 1. The van der Waals surface area contributed by atoms with Crippen LogP contribution in [0.2, 0.25) is 5.02 Å². The van der Waals surface area contributed by atoms with Crippen LogP contribution in [0.4, 0.5) is 4.39 Å². The van der Waals surface area contributed by atoms with Crippen molar-refractivity contribution < 1.29 is 23.9 Å². The normalized spacial score (nSPS) is 15.2. The minimum atomic E-state index is -1.06. The number of carboxylic acid groups (broad SMARTS) is 1. The third-order valence-corrected chi connectivity index (χ3v) is 8.94. The van der Waals surface area contributed by atoms with E-state index in [2.05, 4.69) is 21.4 Å². The molecule has 1 aromatic heterocycles. The minimum Gasteiger partial charge on any atom is -0.478 e. The first kappa shape index (κ1) is 30.9. The first-order chi connectivity index (χ1) is 23.3. The lowest BCUT2D eigenvalue weighted by molar-refractivity contribution is -0.123. The third-order valence-electron chi connectivity index (χ3n) is 8.64. The molecule has 2 aliphatic rings. The quantitative estimate of drug-likeness (QED) is 0.205. The van der Waals surface area contributed by atoms with Gasteiger partial charge in [0.2, 0.25) is 0 Å². The number of halogens is 2. The number of fused-ring (bicyclic) bond motifs is 1. The number of benzene rings is 4. The van der Waals surface area contributed by atoms with E-state index in [9.17, 15) is 23.9 Å². The summed E-state index contributed by atoms with van der Waals surface area (Å²) in [5, 5.41) is 17.2. The third kappa shape index (κ3) is 5.82. The van der Waals surface area contributed by atoms with Gasteiger partial charge >= 0.3 is 5.97 Å². The van der Waals surface area contributed by atoms with Gasteiger partial charge in [-0.05, 0) is 81.8 Å². The fourth-order valence-electron chi connectivity index (χ4n) is 6.29. The molecule has 1 atom stereocenters. The van der Waals surface area contributed by atoms with Gasteiger partial charge in [0.15, 0.2) is 17.3 Å². The van der Waals surface area contributed by atoms with Crippen molar-refractivity contribution >= 4 is 41.0 Å². The Morgan fingerprint density at radius 1 is 0.958 bits per heavy atom. The zero-order valence-electron chi connectivity index (χ0n) is 25.4. The molecule has 3 heterocycles. The molecule has 1 N–H and O–H groups in total. The van der Waals surface area contributed by atoms with E-state index in [1.807, 2.05) is 42.5 Å². The summed E-state index contributed by atoms with van der Waals surface area (Å²) in [5.74, 6) is -2.55. The van der Waals surface area contributed by atoms with E-state index in [4.69, 9.17) is 11.6 Å². The molecule has 0 radical (unpaired) electrons. The molecule has 0 saturated carbocycles. The van der Waals surface area contributed by atoms with Gasteiger partial charge in [-0.1, -0.05) is 71.4 Å². The second-order valence-electron chi connectivity index (χ2n) is 11.6. The van der Waals surface area contributed by atoms with Crippen LogP contribution in [0.15, 0.2) is 102 Å². The highest BCUT2D eigenvalue weighted by Gasteiger charge is 2.38. The largest absolute Gasteiger partial charge is 0.478 e. The highest BCUT2D eigenvalue weighted by molar-refractivity contribution is 6.30. The van der Waals surface area contributed by atoms with E-state index < -0.39 is 23.7 Å². The maximum atomic E-state index is 14.7. The molecular weight excluding hydrogens is 633 g/mol. The molecule has 11 heteroatoms. The molecule has 238 valence electrons. The Morgan fingerprint density at radius 3 is 2.50 bits per heavy atom. The number of carbonyl (C=O) groups is 3. The number of carbonyl (C=O) groups excluding carboxylic acids is 2. The van der Waals surface area contributed by atoms with Crippen LogP contribution in [0.5, 0.6) is 0 Å². The first-order valence-electron chi connectivity index (χ1n) is 15.2. The van der Waals surface area contributed by atoms with Crippen LogP contribution in [0, 0.1) is 5.82 Å². The topological polar surface area (TPSA) is 118 Å². The lowest BCUT2D eigenvalue weighted by atomic mass is 9.83. The number of hydrogen-bond donors (Lipinski definition) is 1. The maximum absolute atomic E-state index is 14.7. The molecule has 0 fully saturated rings. The molecule has 0 aliphatic carbocycles. The number of aliphatic imine (C=N–C) groups is 1. The SMILES string of the molecule is O=C(O)c1ccc(CC(=O)C2c3cccc(-c4cccc(C5=CC=NC5)c4)c3CCN2C(=O)c2cn(-c3cccc(Cl)c3F)nn2)cc1. The second-order valence-corrected chi connectivity index (χ2v) is 12.0. The number of aromatic nitrogens is 3. The number of amides is 1. The molecular formula is C37H27ClFN5O4. The zero-order valence-corrected chi connectivity index (χ0v) is 26.1. The van der Waals surface area contributed by atoms with Crippen molar-refractivity contribution in [2.24, 2.45) is 4.99 Å². The number of hydrogen-bond acceptors (Lipinski definition) is 6. The lowest BCUT2D eigenvalue weighted by Gasteiger charge is -2.37. The van der Waals surface area contributed by atoms with Crippen molar-refractivity contribution in [2.75, 3.05) is 13.1 Å². The summed E-state index contributed by atoms with van der Waals surface area (Å²) >= 11 is 5.96. The molecule has 5 aromatic rings. The monoisotopic (exact) mass is 659 g/mol. The van der Waals surface area contributed by atoms with Crippen LogP contribution in [-0.4, -0.2) is 62.0 Å². The standard InChI is InChI=1S/C37H27ClFN5O4/c38-30-8-3-9-32(34(30)39)44-21-31(41-42-44)36(46)43-17-15-28-27(25-5-1-4-24(19-25)26-14-16-40-20-26)6-2-7-29(28)35(43)33(45)18-22-10-12-23(13-11-22)37(47)48/h1-14,16,19,21,35H,15,17-18,20H2,(H,47,48). The highest BCUT2D eigenvalue weighted by Crippen LogP contribution is 2.38. The molecule has 0 spiro atoms. The van der Waals surface area contributed by atoms with Gasteiger partial charge in [-0.15, -0.1) is 5.10 Å². The minimum absolute atomic E-state index is 0.0299. The number of rotatable bonds is 8.